The van der Waals surface area contributed by atoms with Crippen molar-refractivity contribution in [1.82, 2.24) is 0 Å². The van der Waals surface area contributed by atoms with E-state index in [0.29, 0.717) is 0 Å². The highest BCUT2D eigenvalue weighted by Crippen LogP contribution is 2.72. The molecule has 2 rings (SSSR count). The first kappa shape index (κ1) is 33.6. The molecule has 39 heavy (non-hydrogen) atoms. The zero-order chi connectivity index (χ0) is 31.9. The van der Waals surface area contributed by atoms with E-state index in [1.807, 2.05) is 0 Å². The van der Waals surface area contributed by atoms with Gasteiger partial charge in [0.1, 0.15) is 0 Å². The topological polar surface area (TPSA) is 18.5 Å². The molecule has 0 spiro atoms. The molecular weight excluding hydrogens is 630 g/mol. The Hall–Kier alpha value is -1.62. The maximum Gasteiger partial charge on any atom is 0.384 e. The van der Waals surface area contributed by atoms with E-state index in [9.17, 15) is 96.6 Å². The third-order valence-corrected chi connectivity index (χ3v) is 5.54. The lowest BCUT2D eigenvalue weighted by Crippen LogP contribution is -2.86. The number of hydrogen-bond donors (Lipinski definition) is 0. The van der Waals surface area contributed by atoms with Gasteiger partial charge in [0.05, 0.1) is 0 Å². The second kappa shape index (κ2) is 7.41. The van der Waals surface area contributed by atoms with Crippen LogP contribution in [0.25, 0.3) is 0 Å². The molecule has 0 N–H and O–H groups in total. The largest absolute Gasteiger partial charge is 0.384 e. The van der Waals surface area contributed by atoms with Crippen LogP contribution in [0.15, 0.2) is 0 Å². The first-order valence-corrected chi connectivity index (χ1v) is 8.97. The molecule has 0 bridgehead atoms. The third kappa shape index (κ3) is 3.07. The van der Waals surface area contributed by atoms with Crippen LogP contribution >= 0.6 is 0 Å². The van der Waals surface area contributed by atoms with Crippen LogP contribution in [0.3, 0.4) is 0 Å². The van der Waals surface area contributed by atoms with Crippen LogP contribution in [0.2, 0.25) is 0 Å². The van der Waals surface area contributed by atoms with Gasteiger partial charge >= 0.3 is 70.9 Å². The lowest BCUT2D eigenvalue weighted by Gasteiger charge is -2.55. The zero-order valence-electron chi connectivity index (χ0n) is 17.6. The Morgan fingerprint density at radius 2 is 0.410 bits per heavy atom. The quantitative estimate of drug-likeness (QED) is 0.236. The minimum Gasteiger partial charge on any atom is -0.304 e. The Bertz CT molecular complexity index is 873. The van der Waals surface area contributed by atoms with Crippen molar-refractivity contribution in [2.24, 2.45) is 0 Å². The predicted molar refractivity (Wildman–Crippen MR) is 73.4 cm³/mol. The average Bonchev–Trinajstić information content (AvgIpc) is 2.69. The van der Waals surface area contributed by atoms with E-state index in [1.54, 1.807) is 0 Å². The molecule has 2 fully saturated rings. The minimum atomic E-state index is -8.03. The molecule has 0 aromatic carbocycles. The van der Waals surface area contributed by atoms with E-state index in [2.05, 4.69) is 9.47 Å². The summed E-state index contributed by atoms with van der Waals surface area (Å²) in [5.41, 5.74) is 0. The highest BCUT2D eigenvalue weighted by atomic mass is 19.4. The van der Waals surface area contributed by atoms with Gasteiger partial charge in [-0.1, -0.05) is 0 Å². The molecule has 0 unspecified atom stereocenters. The van der Waals surface area contributed by atoms with E-state index >= 15 is 0 Å². The SMILES string of the molecule is CC(C)(OC1(F)C(F)(F)C(F)(F)C(F)(F)C(F)(F)C1(F)F)OC1(F)C(F)(F)C(F)(F)C(F)(F)C(F)(F)C1(F)F. The van der Waals surface area contributed by atoms with Gasteiger partial charge in [0.25, 0.3) is 0 Å². The maximum atomic E-state index is 14.6. The van der Waals surface area contributed by atoms with Gasteiger partial charge < -0.3 is 9.47 Å². The fourth-order valence-corrected chi connectivity index (χ4v) is 3.34. The molecule has 0 radical (unpaired) electrons. The van der Waals surface area contributed by atoms with Gasteiger partial charge in [-0.3, -0.25) is 0 Å². The summed E-state index contributed by atoms with van der Waals surface area (Å²) in [5, 5.41) is 0. The Balaban J connectivity index is 2.80. The summed E-state index contributed by atoms with van der Waals surface area (Å²) in [6.45, 7) is -1.97. The van der Waals surface area contributed by atoms with Crippen molar-refractivity contribution >= 4 is 0 Å². The van der Waals surface area contributed by atoms with Crippen molar-refractivity contribution < 1.29 is 106 Å². The van der Waals surface area contributed by atoms with E-state index in [1.165, 1.54) is 0 Å². The van der Waals surface area contributed by atoms with E-state index in [0.717, 1.165) is 0 Å². The molecule has 0 aliphatic heterocycles. The highest BCUT2D eigenvalue weighted by Gasteiger charge is 3.04. The molecule has 0 aromatic heterocycles. The Labute approximate surface area is 198 Å². The summed E-state index contributed by atoms with van der Waals surface area (Å²) >= 11 is 0. The van der Waals surface area contributed by atoms with Gasteiger partial charge in [0, 0.05) is 0 Å². The number of alkyl halides is 22. The molecule has 0 amide bonds. The van der Waals surface area contributed by atoms with Crippen LogP contribution in [-0.2, 0) is 9.47 Å². The normalized spacial score (nSPS) is 33.2. The van der Waals surface area contributed by atoms with Crippen LogP contribution in [0.4, 0.5) is 96.6 Å². The first-order chi connectivity index (χ1) is 16.4. The molecule has 0 atom stereocenters. The highest BCUT2D eigenvalue weighted by molar-refractivity contribution is 5.25. The summed E-state index contributed by atoms with van der Waals surface area (Å²) in [4.78, 5) is 0. The second-order valence-corrected chi connectivity index (χ2v) is 8.54. The summed E-state index contributed by atoms with van der Waals surface area (Å²) in [7, 11) is 0. The van der Waals surface area contributed by atoms with E-state index < -0.39 is 90.6 Å². The molecule has 2 aliphatic carbocycles. The van der Waals surface area contributed by atoms with Crippen molar-refractivity contribution in [1.29, 1.82) is 0 Å². The van der Waals surface area contributed by atoms with E-state index in [4.69, 9.17) is 0 Å². The van der Waals surface area contributed by atoms with Gasteiger partial charge in [0.2, 0.25) is 0 Å². The lowest BCUT2D eigenvalue weighted by molar-refractivity contribution is -0.570. The maximum absolute atomic E-state index is 14.6. The van der Waals surface area contributed by atoms with Crippen LogP contribution < -0.4 is 0 Å². The van der Waals surface area contributed by atoms with Crippen molar-refractivity contribution in [2.45, 2.75) is 90.6 Å². The Morgan fingerprint density at radius 1 is 0.282 bits per heavy atom. The van der Waals surface area contributed by atoms with Crippen molar-refractivity contribution in [3.05, 3.63) is 0 Å². The van der Waals surface area contributed by atoms with Crippen LogP contribution in [-0.4, -0.2) is 76.7 Å². The van der Waals surface area contributed by atoms with Crippen molar-refractivity contribution in [3.8, 4) is 0 Å². The molecule has 2 saturated carbocycles. The number of halogens is 22. The Morgan fingerprint density at radius 3 is 0.564 bits per heavy atom. The monoisotopic (exact) mass is 636 g/mol. The van der Waals surface area contributed by atoms with Gasteiger partial charge in [-0.15, -0.1) is 0 Å². The van der Waals surface area contributed by atoms with E-state index in [-0.39, 0.29) is 0 Å². The molecule has 232 valence electrons. The molecule has 24 heteroatoms. The van der Waals surface area contributed by atoms with Crippen LogP contribution in [0, 0.1) is 0 Å². The van der Waals surface area contributed by atoms with Crippen molar-refractivity contribution in [3.63, 3.8) is 0 Å². The average molecular weight is 636 g/mol. The smallest absolute Gasteiger partial charge is 0.304 e. The molecule has 2 nitrogen and oxygen atoms in total. The van der Waals surface area contributed by atoms with Gasteiger partial charge in [-0.05, 0) is 13.8 Å². The third-order valence-electron chi connectivity index (χ3n) is 5.54. The second-order valence-electron chi connectivity index (χ2n) is 8.54. The fourth-order valence-electron chi connectivity index (χ4n) is 3.34. The fraction of sp³-hybridized carbons (Fsp3) is 1.00. The molecule has 0 saturated heterocycles. The number of hydrogen-bond acceptors (Lipinski definition) is 2. The molecule has 0 heterocycles. The number of rotatable bonds is 4. The summed E-state index contributed by atoms with van der Waals surface area (Å²) in [6, 6.07) is 0. The first-order valence-electron chi connectivity index (χ1n) is 8.97. The van der Waals surface area contributed by atoms with Gasteiger partial charge in [-0.25, -0.2) is 0 Å². The summed E-state index contributed by atoms with van der Waals surface area (Å²) < 4.78 is 306. The van der Waals surface area contributed by atoms with Crippen LogP contribution in [0.5, 0.6) is 0 Å². The van der Waals surface area contributed by atoms with Crippen molar-refractivity contribution in [2.75, 3.05) is 0 Å². The minimum absolute atomic E-state index is 0.986. The van der Waals surface area contributed by atoms with Gasteiger partial charge in [0.15, 0.2) is 5.79 Å². The number of ether oxygens (including phenoxy) is 2. The predicted octanol–water partition coefficient (Wildman–Crippen LogP) is 7.47. The summed E-state index contributed by atoms with van der Waals surface area (Å²) in [6.07, 6.45) is 0. The Kier molecular flexibility index (Phi) is 6.38. The van der Waals surface area contributed by atoms with Crippen LogP contribution in [0.1, 0.15) is 13.8 Å². The molecular formula is C15H6F22O2. The van der Waals surface area contributed by atoms with Gasteiger partial charge in [-0.2, -0.15) is 96.6 Å². The summed E-state index contributed by atoms with van der Waals surface area (Å²) in [5.74, 6) is -101. The zero-order valence-corrected chi connectivity index (χ0v) is 17.6. The molecule has 0 aromatic rings. The molecule has 2 aliphatic rings. The lowest BCUT2D eigenvalue weighted by atomic mass is 9.78. The standard InChI is InChI=1S/C15H6F22O2/c1-3(2,38-14(36)10(28,29)6(20,21)4(16,17)7(22,23)11(14,30)31)39-15(37)12(32,33)8(24,25)5(18,19)9(26,27)13(15,34)35/h1-2H3.